The van der Waals surface area contributed by atoms with Gasteiger partial charge in [-0.1, -0.05) is 12.2 Å². The Bertz CT molecular complexity index is 386. The third kappa shape index (κ3) is 6.82. The minimum atomic E-state index is 0. The molecule has 4 N–H and O–H groups in total. The highest BCUT2D eigenvalue weighted by atomic mass is 35.5. The summed E-state index contributed by atoms with van der Waals surface area (Å²) in [7, 11) is 0. The lowest BCUT2D eigenvalue weighted by Crippen LogP contribution is -2.14. The highest BCUT2D eigenvalue weighted by molar-refractivity contribution is 5.85. The molecule has 0 amide bonds. The van der Waals surface area contributed by atoms with Crippen LogP contribution >= 0.6 is 24.8 Å². The van der Waals surface area contributed by atoms with Crippen LogP contribution in [0.5, 0.6) is 11.5 Å². The van der Waals surface area contributed by atoms with Crippen molar-refractivity contribution in [2.75, 3.05) is 13.1 Å². The molecule has 0 atom stereocenters. The second-order valence-electron chi connectivity index (χ2n) is 3.95. The number of aromatic hydroxyl groups is 2. The molecule has 0 spiro atoms. The smallest absolute Gasteiger partial charge is 0.120 e. The maximum atomic E-state index is 9.85. The van der Waals surface area contributed by atoms with E-state index >= 15 is 0 Å². The monoisotopic (exact) mass is 320 g/mol. The maximum Gasteiger partial charge on any atom is 0.120 e. The third-order valence-corrected chi connectivity index (χ3v) is 2.49. The van der Waals surface area contributed by atoms with Gasteiger partial charge in [0.15, 0.2) is 0 Å². The van der Waals surface area contributed by atoms with E-state index in [0.717, 1.165) is 0 Å². The molecule has 0 unspecified atom stereocenters. The van der Waals surface area contributed by atoms with Gasteiger partial charge in [-0.2, -0.15) is 0 Å². The van der Waals surface area contributed by atoms with Crippen LogP contribution in [0.2, 0.25) is 0 Å². The quantitative estimate of drug-likeness (QED) is 0.337. The first-order valence-electron chi connectivity index (χ1n) is 5.86. The number of hydrogen-bond acceptors (Lipinski definition) is 4. The van der Waals surface area contributed by atoms with Gasteiger partial charge in [0, 0.05) is 37.3 Å². The molecule has 0 radical (unpaired) electrons. The van der Waals surface area contributed by atoms with Crippen LogP contribution in [0, 0.1) is 0 Å². The predicted octanol–water partition coefficient (Wildman–Crippen LogP) is 2.49. The van der Waals surface area contributed by atoms with Crippen LogP contribution in [0.3, 0.4) is 0 Å². The molecule has 4 nitrogen and oxygen atoms in total. The second-order valence-corrected chi connectivity index (χ2v) is 3.95. The van der Waals surface area contributed by atoms with Crippen molar-refractivity contribution in [3.05, 3.63) is 48.6 Å². The summed E-state index contributed by atoms with van der Waals surface area (Å²) in [5, 5.41) is 25.8. The summed E-state index contributed by atoms with van der Waals surface area (Å²) in [6.07, 6.45) is 3.48. The largest absolute Gasteiger partial charge is 0.508 e. The van der Waals surface area contributed by atoms with Crippen molar-refractivity contribution < 1.29 is 10.2 Å². The highest BCUT2D eigenvalue weighted by Gasteiger charge is 2.07. The molecule has 1 aromatic carbocycles. The van der Waals surface area contributed by atoms with E-state index in [4.69, 9.17) is 0 Å². The molecule has 0 aliphatic heterocycles. The van der Waals surface area contributed by atoms with E-state index in [9.17, 15) is 10.2 Å². The van der Waals surface area contributed by atoms with Gasteiger partial charge >= 0.3 is 0 Å². The summed E-state index contributed by atoms with van der Waals surface area (Å²) in [6.45, 7) is 9.49. The van der Waals surface area contributed by atoms with E-state index in [0.29, 0.717) is 37.3 Å². The first kappa shape index (κ1) is 21.1. The van der Waals surface area contributed by atoms with Crippen LogP contribution < -0.4 is 10.6 Å². The molecule has 0 aliphatic rings. The Kier molecular flexibility index (Phi) is 12.3. The Hall–Kier alpha value is -1.20. The van der Waals surface area contributed by atoms with Crippen molar-refractivity contribution in [3.63, 3.8) is 0 Å². The molecule has 114 valence electrons. The fourth-order valence-corrected chi connectivity index (χ4v) is 1.56. The van der Waals surface area contributed by atoms with Gasteiger partial charge in [0.05, 0.1) is 0 Å². The molecule has 0 aromatic heterocycles. The van der Waals surface area contributed by atoms with E-state index in [1.54, 1.807) is 24.3 Å². The normalized spacial score (nSPS) is 9.20. The second kappa shape index (κ2) is 11.6. The Morgan fingerprint density at radius 3 is 1.50 bits per heavy atom. The van der Waals surface area contributed by atoms with E-state index in [-0.39, 0.29) is 36.3 Å². The molecule has 0 saturated heterocycles. The first-order valence-corrected chi connectivity index (χ1v) is 5.86. The minimum Gasteiger partial charge on any atom is -0.508 e. The standard InChI is InChI=1S/C14H20N2O2.2ClH/c1-3-5-15-9-11-7-14(18)12(8-13(11)17)10-16-6-4-2;;/h3-4,7-8,15-18H,1-2,5-6,9-10H2;2*1H. The highest BCUT2D eigenvalue weighted by Crippen LogP contribution is 2.27. The number of phenols is 2. The molecule has 1 aromatic rings. The Morgan fingerprint density at radius 2 is 1.20 bits per heavy atom. The Morgan fingerprint density at radius 1 is 0.850 bits per heavy atom. The lowest BCUT2D eigenvalue weighted by molar-refractivity contribution is 0.445. The average Bonchev–Trinajstić information content (AvgIpc) is 2.35. The summed E-state index contributed by atoms with van der Waals surface area (Å²) in [5.74, 6) is 0.361. The van der Waals surface area contributed by atoms with E-state index < -0.39 is 0 Å². The Labute approximate surface area is 132 Å². The fraction of sp³-hybridized carbons (Fsp3) is 0.286. The molecule has 0 saturated carbocycles. The summed E-state index contributed by atoms with van der Waals surface area (Å²) in [4.78, 5) is 0. The van der Waals surface area contributed by atoms with Gasteiger partial charge < -0.3 is 20.8 Å². The SMILES string of the molecule is C=CCNCc1cc(O)c(CNCC=C)cc1O.Cl.Cl. The van der Waals surface area contributed by atoms with Crippen LogP contribution in [-0.4, -0.2) is 23.3 Å². The summed E-state index contributed by atoms with van der Waals surface area (Å²) in [6, 6.07) is 3.16. The number of nitrogens with one attached hydrogen (secondary N) is 2. The molecular formula is C14H22Cl2N2O2. The van der Waals surface area contributed by atoms with Gasteiger partial charge in [-0.25, -0.2) is 0 Å². The topological polar surface area (TPSA) is 64.5 Å². The van der Waals surface area contributed by atoms with E-state index in [1.165, 1.54) is 0 Å². The first-order chi connectivity index (χ1) is 8.69. The van der Waals surface area contributed by atoms with Gasteiger partial charge in [0.2, 0.25) is 0 Å². The van der Waals surface area contributed by atoms with Crippen LogP contribution in [0.4, 0.5) is 0 Å². The molecule has 0 heterocycles. The summed E-state index contributed by atoms with van der Waals surface area (Å²) < 4.78 is 0. The molecule has 6 heteroatoms. The lowest BCUT2D eigenvalue weighted by atomic mass is 10.1. The molecule has 1 rings (SSSR count). The molecule has 0 fully saturated rings. The van der Waals surface area contributed by atoms with Crippen molar-refractivity contribution in [3.8, 4) is 11.5 Å². The zero-order chi connectivity index (χ0) is 13.4. The molecular weight excluding hydrogens is 299 g/mol. The molecule has 20 heavy (non-hydrogen) atoms. The molecule has 0 bridgehead atoms. The van der Waals surface area contributed by atoms with Crippen molar-refractivity contribution in [1.82, 2.24) is 10.6 Å². The van der Waals surface area contributed by atoms with E-state index in [2.05, 4.69) is 23.8 Å². The van der Waals surface area contributed by atoms with Crippen molar-refractivity contribution >= 4 is 24.8 Å². The van der Waals surface area contributed by atoms with Crippen LogP contribution in [0.1, 0.15) is 11.1 Å². The van der Waals surface area contributed by atoms with Gasteiger partial charge in [-0.15, -0.1) is 38.0 Å². The maximum absolute atomic E-state index is 9.85. The van der Waals surface area contributed by atoms with Gasteiger partial charge in [-0.3, -0.25) is 0 Å². The number of phenolic OH excluding ortho intramolecular Hbond substituents is 2. The van der Waals surface area contributed by atoms with Crippen LogP contribution in [0.15, 0.2) is 37.4 Å². The summed E-state index contributed by atoms with van der Waals surface area (Å²) >= 11 is 0. The van der Waals surface area contributed by atoms with Crippen molar-refractivity contribution in [2.24, 2.45) is 0 Å². The number of hydrogen-bond donors (Lipinski definition) is 4. The number of rotatable bonds is 8. The van der Waals surface area contributed by atoms with Crippen molar-refractivity contribution in [1.29, 1.82) is 0 Å². The van der Waals surface area contributed by atoms with Gasteiger partial charge in [0.1, 0.15) is 11.5 Å². The Balaban J connectivity index is 0. The minimum absolute atomic E-state index is 0. The zero-order valence-electron chi connectivity index (χ0n) is 11.3. The van der Waals surface area contributed by atoms with Crippen LogP contribution in [0.25, 0.3) is 0 Å². The van der Waals surface area contributed by atoms with Gasteiger partial charge in [0.25, 0.3) is 0 Å². The fourth-order valence-electron chi connectivity index (χ4n) is 1.56. The number of halogens is 2. The summed E-state index contributed by atoms with van der Waals surface area (Å²) in [5.41, 5.74) is 1.34. The number of benzene rings is 1. The predicted molar refractivity (Wildman–Crippen MR) is 88.1 cm³/mol. The molecule has 0 aliphatic carbocycles. The third-order valence-electron chi connectivity index (χ3n) is 2.49. The lowest BCUT2D eigenvalue weighted by Gasteiger charge is -2.10. The van der Waals surface area contributed by atoms with E-state index in [1.807, 2.05) is 0 Å². The zero-order valence-corrected chi connectivity index (χ0v) is 12.9. The van der Waals surface area contributed by atoms with Gasteiger partial charge in [-0.05, 0) is 12.1 Å². The van der Waals surface area contributed by atoms with Crippen molar-refractivity contribution in [2.45, 2.75) is 13.1 Å². The van der Waals surface area contributed by atoms with Crippen LogP contribution in [-0.2, 0) is 13.1 Å². The average molecular weight is 321 g/mol.